The summed E-state index contributed by atoms with van der Waals surface area (Å²) in [4.78, 5) is 37.0. The molecule has 1 N–H and O–H groups in total. The molecule has 0 bridgehead atoms. The summed E-state index contributed by atoms with van der Waals surface area (Å²) in [5.41, 5.74) is 1.56. The van der Waals surface area contributed by atoms with E-state index in [1.54, 1.807) is 18.3 Å². The summed E-state index contributed by atoms with van der Waals surface area (Å²) in [7, 11) is 0. The third-order valence-corrected chi connectivity index (χ3v) is 6.86. The van der Waals surface area contributed by atoms with Crippen LogP contribution < -0.4 is 10.2 Å². The molecule has 182 valence electrons. The highest BCUT2D eigenvalue weighted by molar-refractivity contribution is 6.07. The Morgan fingerprint density at radius 1 is 0.889 bits per heavy atom. The highest BCUT2D eigenvalue weighted by Gasteiger charge is 2.51. The van der Waals surface area contributed by atoms with Crippen molar-refractivity contribution in [1.29, 1.82) is 5.26 Å². The van der Waals surface area contributed by atoms with E-state index in [-0.39, 0.29) is 18.6 Å². The van der Waals surface area contributed by atoms with Gasteiger partial charge in [-0.05, 0) is 23.3 Å². The second-order valence-electron chi connectivity index (χ2n) is 9.33. The van der Waals surface area contributed by atoms with Crippen LogP contribution in [0.5, 0.6) is 0 Å². The Labute approximate surface area is 210 Å². The highest BCUT2D eigenvalue weighted by Crippen LogP contribution is 2.28. The number of piperazine rings is 1. The SMILES string of the molecule is N#Cc1ccnc(N2CCN(CN3C(=O)NC(Cc4ccccc4)(Cc4ccccc4)C3=O)CC2)c1. The van der Waals surface area contributed by atoms with Crippen molar-refractivity contribution in [2.45, 2.75) is 18.4 Å². The normalized spacial score (nSPS) is 17.6. The van der Waals surface area contributed by atoms with Crippen LogP contribution in [0.25, 0.3) is 0 Å². The standard InChI is InChI=1S/C28H28N6O2/c29-20-24-11-12-30-25(17-24)33-15-13-32(14-16-33)21-34-26(35)28(31-27(34)36,18-22-7-3-1-4-8-22)19-23-9-5-2-6-10-23/h1-12,17H,13-16,18-19,21H2,(H,31,36). The molecule has 2 aromatic carbocycles. The van der Waals surface area contributed by atoms with Gasteiger partial charge < -0.3 is 10.2 Å². The minimum Gasteiger partial charge on any atom is -0.354 e. The lowest BCUT2D eigenvalue weighted by Gasteiger charge is -2.36. The maximum absolute atomic E-state index is 13.8. The van der Waals surface area contributed by atoms with Crippen molar-refractivity contribution >= 4 is 17.8 Å². The molecule has 0 aliphatic carbocycles. The number of benzene rings is 2. The Hall–Kier alpha value is -4.22. The molecule has 0 spiro atoms. The molecule has 5 rings (SSSR count). The first kappa shape index (κ1) is 23.5. The van der Waals surface area contributed by atoms with Crippen LogP contribution in [0.2, 0.25) is 0 Å². The summed E-state index contributed by atoms with van der Waals surface area (Å²) in [6, 6.07) is 24.9. The summed E-state index contributed by atoms with van der Waals surface area (Å²) in [6.45, 7) is 3.00. The van der Waals surface area contributed by atoms with E-state index in [9.17, 15) is 9.59 Å². The summed E-state index contributed by atoms with van der Waals surface area (Å²) in [6.07, 6.45) is 2.50. The Bertz CT molecular complexity index is 1220. The minimum absolute atomic E-state index is 0.189. The van der Waals surface area contributed by atoms with E-state index in [1.807, 2.05) is 60.7 Å². The van der Waals surface area contributed by atoms with Gasteiger partial charge in [-0.25, -0.2) is 14.7 Å². The van der Waals surface area contributed by atoms with Gasteiger partial charge in [0.1, 0.15) is 11.4 Å². The van der Waals surface area contributed by atoms with Gasteiger partial charge in [-0.2, -0.15) is 5.26 Å². The van der Waals surface area contributed by atoms with Crippen LogP contribution >= 0.6 is 0 Å². The number of imide groups is 1. The maximum Gasteiger partial charge on any atom is 0.326 e. The second-order valence-corrected chi connectivity index (χ2v) is 9.33. The Kier molecular flexibility index (Phi) is 6.65. The highest BCUT2D eigenvalue weighted by atomic mass is 16.2. The molecule has 0 saturated carbocycles. The van der Waals surface area contributed by atoms with Gasteiger partial charge in [0.2, 0.25) is 0 Å². The number of hydrogen-bond acceptors (Lipinski definition) is 6. The van der Waals surface area contributed by atoms with E-state index in [0.29, 0.717) is 44.6 Å². The number of hydrogen-bond donors (Lipinski definition) is 1. The molecule has 3 amide bonds. The van der Waals surface area contributed by atoms with Crippen LogP contribution in [-0.2, 0) is 17.6 Å². The quantitative estimate of drug-likeness (QED) is 0.523. The van der Waals surface area contributed by atoms with E-state index in [2.05, 4.69) is 26.2 Å². The molecule has 0 atom stereocenters. The van der Waals surface area contributed by atoms with Gasteiger partial charge in [-0.3, -0.25) is 9.69 Å². The third-order valence-electron chi connectivity index (χ3n) is 6.86. The Morgan fingerprint density at radius 3 is 2.08 bits per heavy atom. The lowest BCUT2D eigenvalue weighted by Crippen LogP contribution is -2.53. The molecule has 2 saturated heterocycles. The molecule has 3 heterocycles. The summed E-state index contributed by atoms with van der Waals surface area (Å²) in [5, 5.41) is 12.2. The van der Waals surface area contributed by atoms with Crippen LogP contribution in [0.3, 0.4) is 0 Å². The molecule has 8 nitrogen and oxygen atoms in total. The summed E-state index contributed by atoms with van der Waals surface area (Å²) >= 11 is 0. The van der Waals surface area contributed by atoms with Crippen molar-refractivity contribution < 1.29 is 9.59 Å². The van der Waals surface area contributed by atoms with Crippen molar-refractivity contribution in [3.63, 3.8) is 0 Å². The smallest absolute Gasteiger partial charge is 0.326 e. The number of nitriles is 1. The molecular formula is C28H28N6O2. The Morgan fingerprint density at radius 2 is 1.50 bits per heavy atom. The van der Waals surface area contributed by atoms with Crippen LogP contribution in [0.1, 0.15) is 16.7 Å². The van der Waals surface area contributed by atoms with Crippen molar-refractivity contribution in [2.24, 2.45) is 0 Å². The van der Waals surface area contributed by atoms with Gasteiger partial charge in [0.15, 0.2) is 0 Å². The zero-order valence-corrected chi connectivity index (χ0v) is 20.0. The second kappa shape index (κ2) is 10.2. The van der Waals surface area contributed by atoms with Crippen LogP contribution in [0.4, 0.5) is 10.6 Å². The minimum atomic E-state index is -1.02. The lowest BCUT2D eigenvalue weighted by molar-refractivity contribution is -0.132. The number of carbonyl (C=O) groups is 2. The first-order chi connectivity index (χ1) is 17.6. The number of nitrogens with one attached hydrogen (secondary N) is 1. The number of pyridine rings is 1. The molecule has 1 aromatic heterocycles. The van der Waals surface area contributed by atoms with Gasteiger partial charge in [0.25, 0.3) is 5.91 Å². The maximum atomic E-state index is 13.8. The van der Waals surface area contributed by atoms with E-state index >= 15 is 0 Å². The Balaban J connectivity index is 1.30. The largest absolute Gasteiger partial charge is 0.354 e. The molecular weight excluding hydrogens is 452 g/mol. The molecule has 2 fully saturated rings. The average Bonchev–Trinajstić information content (AvgIpc) is 3.14. The van der Waals surface area contributed by atoms with Crippen molar-refractivity contribution in [3.05, 3.63) is 95.7 Å². The number of aromatic nitrogens is 1. The van der Waals surface area contributed by atoms with Gasteiger partial charge in [-0.1, -0.05) is 60.7 Å². The predicted octanol–water partition coefficient (Wildman–Crippen LogP) is 2.81. The fourth-order valence-corrected chi connectivity index (χ4v) is 4.97. The lowest BCUT2D eigenvalue weighted by atomic mass is 9.84. The first-order valence-electron chi connectivity index (χ1n) is 12.1. The molecule has 2 aliphatic heterocycles. The molecule has 36 heavy (non-hydrogen) atoms. The van der Waals surface area contributed by atoms with E-state index < -0.39 is 5.54 Å². The molecule has 0 radical (unpaired) electrons. The molecule has 0 unspecified atom stereocenters. The summed E-state index contributed by atoms with van der Waals surface area (Å²) < 4.78 is 0. The number of nitrogens with zero attached hydrogens (tertiary/aromatic N) is 5. The van der Waals surface area contributed by atoms with Gasteiger partial charge in [0.05, 0.1) is 18.3 Å². The number of anilines is 1. The van der Waals surface area contributed by atoms with Gasteiger partial charge in [0, 0.05) is 45.2 Å². The van der Waals surface area contributed by atoms with Crippen molar-refractivity contribution in [1.82, 2.24) is 20.1 Å². The number of urea groups is 1. The van der Waals surface area contributed by atoms with Gasteiger partial charge in [-0.15, -0.1) is 0 Å². The monoisotopic (exact) mass is 480 g/mol. The average molecular weight is 481 g/mol. The molecule has 8 heteroatoms. The van der Waals surface area contributed by atoms with E-state index in [4.69, 9.17) is 5.26 Å². The zero-order chi connectivity index (χ0) is 25.0. The van der Waals surface area contributed by atoms with Gasteiger partial charge >= 0.3 is 6.03 Å². The van der Waals surface area contributed by atoms with E-state index in [0.717, 1.165) is 16.9 Å². The fourth-order valence-electron chi connectivity index (χ4n) is 4.97. The summed E-state index contributed by atoms with van der Waals surface area (Å²) in [5.74, 6) is 0.583. The zero-order valence-electron chi connectivity index (χ0n) is 20.0. The van der Waals surface area contributed by atoms with E-state index in [1.165, 1.54) is 4.90 Å². The number of rotatable bonds is 7. The van der Waals surface area contributed by atoms with Crippen LogP contribution in [0.15, 0.2) is 79.0 Å². The molecule has 3 aromatic rings. The topological polar surface area (TPSA) is 92.6 Å². The third kappa shape index (κ3) is 4.92. The van der Waals surface area contributed by atoms with Crippen molar-refractivity contribution in [3.8, 4) is 6.07 Å². The van der Waals surface area contributed by atoms with Crippen LogP contribution in [-0.4, -0.2) is 65.1 Å². The number of carbonyl (C=O) groups excluding carboxylic acids is 2. The number of amides is 3. The fraction of sp³-hybridized carbons (Fsp3) is 0.286. The van der Waals surface area contributed by atoms with Crippen molar-refractivity contribution in [2.75, 3.05) is 37.7 Å². The molecule has 2 aliphatic rings. The predicted molar refractivity (Wildman–Crippen MR) is 136 cm³/mol. The van der Waals surface area contributed by atoms with Crippen LogP contribution in [0, 0.1) is 11.3 Å². The first-order valence-corrected chi connectivity index (χ1v) is 12.1.